The van der Waals surface area contributed by atoms with Crippen molar-refractivity contribution >= 4 is 28.7 Å². The van der Waals surface area contributed by atoms with E-state index in [0.717, 1.165) is 21.7 Å². The first-order valence-electron chi connectivity index (χ1n) is 5.26. The Morgan fingerprint density at radius 1 is 1.41 bits per heavy atom. The summed E-state index contributed by atoms with van der Waals surface area (Å²) in [6, 6.07) is 5.75. The minimum Gasteiger partial charge on any atom is -0.293 e. The van der Waals surface area contributed by atoms with Gasteiger partial charge in [-0.05, 0) is 31.0 Å². The SMILES string of the molecule is Cc1ccc(CC(=O)c2scnc2C)c(Cl)c1. The van der Waals surface area contributed by atoms with Gasteiger partial charge < -0.3 is 0 Å². The Labute approximate surface area is 109 Å². The van der Waals surface area contributed by atoms with Crippen LogP contribution in [0.25, 0.3) is 0 Å². The lowest BCUT2D eigenvalue weighted by molar-refractivity contribution is 0.0996. The van der Waals surface area contributed by atoms with Gasteiger partial charge in [0.05, 0.1) is 16.1 Å². The lowest BCUT2D eigenvalue weighted by atomic mass is 10.1. The number of carbonyl (C=O) groups is 1. The van der Waals surface area contributed by atoms with E-state index in [4.69, 9.17) is 11.6 Å². The van der Waals surface area contributed by atoms with Crippen molar-refractivity contribution < 1.29 is 4.79 Å². The van der Waals surface area contributed by atoms with Gasteiger partial charge in [0.15, 0.2) is 5.78 Å². The monoisotopic (exact) mass is 265 g/mol. The van der Waals surface area contributed by atoms with Gasteiger partial charge in [0.2, 0.25) is 0 Å². The number of ketones is 1. The first-order chi connectivity index (χ1) is 8.08. The van der Waals surface area contributed by atoms with Crippen molar-refractivity contribution in [1.29, 1.82) is 0 Å². The molecule has 0 fully saturated rings. The summed E-state index contributed by atoms with van der Waals surface area (Å²) < 4.78 is 0. The van der Waals surface area contributed by atoms with Crippen LogP contribution in [0, 0.1) is 13.8 Å². The Hall–Kier alpha value is -1.19. The molecule has 2 aromatic rings. The van der Waals surface area contributed by atoms with E-state index < -0.39 is 0 Å². The molecule has 4 heteroatoms. The third-order valence-electron chi connectivity index (χ3n) is 2.56. The van der Waals surface area contributed by atoms with Gasteiger partial charge in [-0.3, -0.25) is 4.79 Å². The molecule has 1 heterocycles. The molecule has 0 aliphatic rings. The lowest BCUT2D eigenvalue weighted by Gasteiger charge is -2.04. The van der Waals surface area contributed by atoms with E-state index in [-0.39, 0.29) is 5.78 Å². The molecule has 88 valence electrons. The van der Waals surface area contributed by atoms with Crippen molar-refractivity contribution in [3.05, 3.63) is 50.4 Å². The predicted molar refractivity (Wildman–Crippen MR) is 71.1 cm³/mol. The molecule has 0 unspecified atom stereocenters. The fraction of sp³-hybridized carbons (Fsp3) is 0.231. The zero-order chi connectivity index (χ0) is 12.4. The van der Waals surface area contributed by atoms with Gasteiger partial charge in [-0.25, -0.2) is 4.98 Å². The van der Waals surface area contributed by atoms with Crippen LogP contribution in [0.4, 0.5) is 0 Å². The summed E-state index contributed by atoms with van der Waals surface area (Å²) in [5, 5.41) is 0.653. The molecule has 0 radical (unpaired) electrons. The Bertz CT molecular complexity index is 562. The molecule has 2 nitrogen and oxygen atoms in total. The van der Waals surface area contributed by atoms with Crippen LogP contribution in [0.1, 0.15) is 26.5 Å². The quantitative estimate of drug-likeness (QED) is 0.790. The Morgan fingerprint density at radius 2 is 2.18 bits per heavy atom. The first kappa shape index (κ1) is 12.3. The smallest absolute Gasteiger partial charge is 0.179 e. The molecular weight excluding hydrogens is 254 g/mol. The summed E-state index contributed by atoms with van der Waals surface area (Å²) in [5.41, 5.74) is 4.46. The molecule has 0 bridgehead atoms. The summed E-state index contributed by atoms with van der Waals surface area (Å²) in [7, 11) is 0. The number of Topliss-reactive ketones (excluding diaryl/α,β-unsaturated/α-hetero) is 1. The molecule has 1 aromatic heterocycles. The highest BCUT2D eigenvalue weighted by atomic mass is 35.5. The highest BCUT2D eigenvalue weighted by Gasteiger charge is 2.13. The molecule has 0 saturated heterocycles. The number of aromatic nitrogens is 1. The van der Waals surface area contributed by atoms with Crippen molar-refractivity contribution in [2.75, 3.05) is 0 Å². The second-order valence-corrected chi connectivity index (χ2v) is 5.22. The van der Waals surface area contributed by atoms with Crippen LogP contribution < -0.4 is 0 Å². The first-order valence-corrected chi connectivity index (χ1v) is 6.52. The Balaban J connectivity index is 2.22. The largest absolute Gasteiger partial charge is 0.293 e. The number of aryl methyl sites for hydroxylation is 2. The van der Waals surface area contributed by atoms with Gasteiger partial charge in [-0.2, -0.15) is 0 Å². The molecule has 2 rings (SSSR count). The molecule has 0 aliphatic carbocycles. The van der Waals surface area contributed by atoms with E-state index in [1.54, 1.807) is 5.51 Å². The highest BCUT2D eigenvalue weighted by Crippen LogP contribution is 2.21. The maximum atomic E-state index is 12.0. The van der Waals surface area contributed by atoms with Gasteiger partial charge >= 0.3 is 0 Å². The maximum Gasteiger partial charge on any atom is 0.179 e. The predicted octanol–water partition coefficient (Wildman–Crippen LogP) is 3.84. The molecule has 0 N–H and O–H groups in total. The van der Waals surface area contributed by atoms with E-state index in [2.05, 4.69) is 4.98 Å². The van der Waals surface area contributed by atoms with Crippen molar-refractivity contribution in [2.24, 2.45) is 0 Å². The maximum absolute atomic E-state index is 12.0. The molecule has 0 aliphatic heterocycles. The molecular formula is C13H12ClNOS. The van der Waals surface area contributed by atoms with Crippen LogP contribution in [0.15, 0.2) is 23.7 Å². The molecule has 1 aromatic carbocycles. The van der Waals surface area contributed by atoms with Gasteiger partial charge in [0.25, 0.3) is 0 Å². The summed E-state index contributed by atoms with van der Waals surface area (Å²) in [6.45, 7) is 3.82. The van der Waals surface area contributed by atoms with Gasteiger partial charge in [-0.1, -0.05) is 23.7 Å². The Morgan fingerprint density at radius 3 is 2.76 bits per heavy atom. The number of hydrogen-bond acceptors (Lipinski definition) is 3. The average molecular weight is 266 g/mol. The molecule has 0 saturated carbocycles. The standard InChI is InChI=1S/C13H12ClNOS/c1-8-3-4-10(11(14)5-8)6-12(16)13-9(2)15-7-17-13/h3-5,7H,6H2,1-2H3. The minimum atomic E-state index is 0.0794. The van der Waals surface area contributed by atoms with E-state index in [9.17, 15) is 4.79 Å². The second kappa shape index (κ2) is 4.98. The van der Waals surface area contributed by atoms with E-state index >= 15 is 0 Å². The van der Waals surface area contributed by atoms with Gasteiger partial charge in [0, 0.05) is 11.4 Å². The fourth-order valence-corrected chi connectivity index (χ4v) is 2.66. The molecule has 0 amide bonds. The number of thiazole rings is 1. The zero-order valence-electron chi connectivity index (χ0n) is 9.66. The molecule has 0 spiro atoms. The third-order valence-corrected chi connectivity index (χ3v) is 3.88. The number of hydrogen-bond donors (Lipinski definition) is 0. The molecule has 0 atom stereocenters. The Kier molecular flexibility index (Phi) is 3.60. The number of carbonyl (C=O) groups excluding carboxylic acids is 1. The normalized spacial score (nSPS) is 10.5. The van der Waals surface area contributed by atoms with Gasteiger partial charge in [-0.15, -0.1) is 11.3 Å². The van der Waals surface area contributed by atoms with Crippen molar-refractivity contribution in [1.82, 2.24) is 4.98 Å². The van der Waals surface area contributed by atoms with Crippen LogP contribution in [-0.2, 0) is 6.42 Å². The zero-order valence-corrected chi connectivity index (χ0v) is 11.2. The summed E-state index contributed by atoms with van der Waals surface area (Å²) in [5.74, 6) is 0.0794. The van der Waals surface area contributed by atoms with Crippen molar-refractivity contribution in [3.8, 4) is 0 Å². The van der Waals surface area contributed by atoms with Crippen LogP contribution in [0.3, 0.4) is 0 Å². The second-order valence-electron chi connectivity index (χ2n) is 3.96. The van der Waals surface area contributed by atoms with Crippen molar-refractivity contribution in [2.45, 2.75) is 20.3 Å². The summed E-state index contributed by atoms with van der Waals surface area (Å²) in [4.78, 5) is 16.8. The van der Waals surface area contributed by atoms with Gasteiger partial charge in [0.1, 0.15) is 0 Å². The van der Waals surface area contributed by atoms with E-state index in [1.807, 2.05) is 32.0 Å². The van der Waals surface area contributed by atoms with Crippen molar-refractivity contribution in [3.63, 3.8) is 0 Å². The lowest BCUT2D eigenvalue weighted by Crippen LogP contribution is -2.03. The number of benzene rings is 1. The summed E-state index contributed by atoms with van der Waals surface area (Å²) in [6.07, 6.45) is 0.335. The number of rotatable bonds is 3. The van der Waals surface area contributed by atoms with Crippen LogP contribution in [-0.4, -0.2) is 10.8 Å². The number of halogens is 1. The average Bonchev–Trinajstić information content (AvgIpc) is 2.68. The highest BCUT2D eigenvalue weighted by molar-refractivity contribution is 7.11. The fourth-order valence-electron chi connectivity index (χ4n) is 1.62. The number of nitrogens with zero attached hydrogens (tertiary/aromatic N) is 1. The topological polar surface area (TPSA) is 30.0 Å². The van der Waals surface area contributed by atoms with E-state index in [1.165, 1.54) is 11.3 Å². The van der Waals surface area contributed by atoms with Crippen LogP contribution in [0.2, 0.25) is 5.02 Å². The molecule has 17 heavy (non-hydrogen) atoms. The van der Waals surface area contributed by atoms with E-state index in [0.29, 0.717) is 11.4 Å². The minimum absolute atomic E-state index is 0.0794. The van der Waals surface area contributed by atoms with Crippen LogP contribution in [0.5, 0.6) is 0 Å². The third kappa shape index (κ3) is 2.73. The summed E-state index contributed by atoms with van der Waals surface area (Å²) >= 11 is 7.49. The van der Waals surface area contributed by atoms with Crippen LogP contribution >= 0.6 is 22.9 Å².